The predicted molar refractivity (Wildman–Crippen MR) is 62.9 cm³/mol. The van der Waals surface area contributed by atoms with Crippen molar-refractivity contribution in [3.05, 3.63) is 42.6 Å². The maximum Gasteiger partial charge on any atom is 0.146 e. The van der Waals surface area contributed by atoms with E-state index in [4.69, 9.17) is 0 Å². The fourth-order valence-electron chi connectivity index (χ4n) is 1.77. The van der Waals surface area contributed by atoms with Crippen molar-refractivity contribution in [3.63, 3.8) is 0 Å². The number of aromatic nitrogens is 1. The molecule has 0 aliphatic carbocycles. The molecule has 1 aliphatic heterocycles. The first-order valence-corrected chi connectivity index (χ1v) is 5.63. The van der Waals surface area contributed by atoms with Crippen molar-refractivity contribution in [3.8, 4) is 0 Å². The maximum absolute atomic E-state index is 4.40. The van der Waals surface area contributed by atoms with Crippen LogP contribution in [0.1, 0.15) is 0 Å². The van der Waals surface area contributed by atoms with Crippen LogP contribution in [0.3, 0.4) is 0 Å². The molecular formula is C12H10N2S. The van der Waals surface area contributed by atoms with Crippen molar-refractivity contribution in [1.82, 2.24) is 4.98 Å². The Morgan fingerprint density at radius 2 is 1.87 bits per heavy atom. The van der Waals surface area contributed by atoms with Gasteiger partial charge in [-0.2, -0.15) is 0 Å². The third-order valence-corrected chi connectivity index (χ3v) is 3.62. The second-order valence-corrected chi connectivity index (χ2v) is 4.54. The van der Waals surface area contributed by atoms with E-state index in [2.05, 4.69) is 47.3 Å². The molecule has 0 bridgehead atoms. The summed E-state index contributed by atoms with van der Waals surface area (Å²) in [6.45, 7) is 0. The second-order valence-electron chi connectivity index (χ2n) is 3.45. The third-order valence-electron chi connectivity index (χ3n) is 2.52. The zero-order valence-corrected chi connectivity index (χ0v) is 9.16. The number of anilines is 2. The zero-order chi connectivity index (χ0) is 10.3. The van der Waals surface area contributed by atoms with Gasteiger partial charge in [-0.05, 0) is 24.3 Å². The summed E-state index contributed by atoms with van der Waals surface area (Å²) >= 11 is 1.78. The molecule has 15 heavy (non-hydrogen) atoms. The third kappa shape index (κ3) is 1.31. The Labute approximate surface area is 93.0 Å². The highest BCUT2D eigenvalue weighted by Gasteiger charge is 2.20. The molecule has 2 heterocycles. The van der Waals surface area contributed by atoms with E-state index >= 15 is 0 Å². The standard InChI is InChI=1S/C12H10N2S/c1-14-9-5-2-3-6-10(9)15-11-7-4-8-13-12(11)14/h2-8H,1H3. The summed E-state index contributed by atoms with van der Waals surface area (Å²) in [5.41, 5.74) is 1.23. The van der Waals surface area contributed by atoms with Crippen molar-refractivity contribution in [2.75, 3.05) is 11.9 Å². The second kappa shape index (κ2) is 3.28. The van der Waals surface area contributed by atoms with Gasteiger partial charge in [0.1, 0.15) is 5.82 Å². The van der Waals surface area contributed by atoms with Crippen LogP contribution in [0.15, 0.2) is 52.4 Å². The fraction of sp³-hybridized carbons (Fsp3) is 0.0833. The van der Waals surface area contributed by atoms with Crippen molar-refractivity contribution >= 4 is 23.3 Å². The molecule has 0 spiro atoms. The molecule has 0 amide bonds. The van der Waals surface area contributed by atoms with E-state index in [0.717, 1.165) is 5.82 Å². The molecule has 0 N–H and O–H groups in total. The highest BCUT2D eigenvalue weighted by atomic mass is 32.2. The molecule has 74 valence electrons. The number of rotatable bonds is 0. The molecular weight excluding hydrogens is 204 g/mol. The van der Waals surface area contributed by atoms with Crippen molar-refractivity contribution in [2.45, 2.75) is 9.79 Å². The van der Waals surface area contributed by atoms with Gasteiger partial charge in [-0.3, -0.25) is 0 Å². The smallest absolute Gasteiger partial charge is 0.146 e. The number of pyridine rings is 1. The zero-order valence-electron chi connectivity index (χ0n) is 8.34. The normalized spacial score (nSPS) is 13.3. The van der Waals surface area contributed by atoms with Crippen molar-refractivity contribution in [1.29, 1.82) is 0 Å². The van der Waals surface area contributed by atoms with Crippen LogP contribution < -0.4 is 4.90 Å². The largest absolute Gasteiger partial charge is 0.328 e. The van der Waals surface area contributed by atoms with Crippen LogP contribution in [0.4, 0.5) is 11.5 Å². The van der Waals surface area contributed by atoms with Crippen LogP contribution in [0.2, 0.25) is 0 Å². The first-order chi connectivity index (χ1) is 7.36. The van der Waals surface area contributed by atoms with Gasteiger partial charge in [-0.15, -0.1) is 0 Å². The first kappa shape index (κ1) is 8.80. The maximum atomic E-state index is 4.40. The fourth-order valence-corrected chi connectivity index (χ4v) is 2.89. The van der Waals surface area contributed by atoms with E-state index in [0.29, 0.717) is 0 Å². The van der Waals surface area contributed by atoms with Gasteiger partial charge in [0, 0.05) is 18.1 Å². The summed E-state index contributed by atoms with van der Waals surface area (Å²) in [5, 5.41) is 0. The lowest BCUT2D eigenvalue weighted by Gasteiger charge is -2.27. The number of nitrogens with zero attached hydrogens (tertiary/aromatic N) is 2. The van der Waals surface area contributed by atoms with E-state index in [9.17, 15) is 0 Å². The van der Waals surface area contributed by atoms with Crippen LogP contribution in [-0.4, -0.2) is 12.0 Å². The van der Waals surface area contributed by atoms with Crippen LogP contribution in [-0.2, 0) is 0 Å². The van der Waals surface area contributed by atoms with Gasteiger partial charge in [-0.1, -0.05) is 23.9 Å². The molecule has 0 fully saturated rings. The summed E-state index contributed by atoms with van der Waals surface area (Å²) in [4.78, 5) is 9.06. The SMILES string of the molecule is CN1c2ccccc2Sc2cccnc21. The minimum atomic E-state index is 1.04. The van der Waals surface area contributed by atoms with Gasteiger partial charge in [0.25, 0.3) is 0 Å². The average molecular weight is 214 g/mol. The van der Waals surface area contributed by atoms with Crippen molar-refractivity contribution in [2.24, 2.45) is 0 Å². The Balaban J connectivity index is 2.20. The number of benzene rings is 1. The van der Waals surface area contributed by atoms with Gasteiger partial charge in [0.15, 0.2) is 0 Å². The molecule has 0 saturated heterocycles. The van der Waals surface area contributed by atoms with Crippen LogP contribution in [0, 0.1) is 0 Å². The lowest BCUT2D eigenvalue weighted by Crippen LogP contribution is -2.15. The predicted octanol–water partition coefficient (Wildman–Crippen LogP) is 3.31. The topological polar surface area (TPSA) is 16.1 Å². The van der Waals surface area contributed by atoms with Gasteiger partial charge < -0.3 is 4.90 Å². The molecule has 0 unspecified atom stereocenters. The minimum absolute atomic E-state index is 1.04. The summed E-state index contributed by atoms with van der Waals surface area (Å²) in [7, 11) is 2.06. The highest BCUT2D eigenvalue weighted by Crippen LogP contribution is 2.45. The summed E-state index contributed by atoms with van der Waals surface area (Å²) in [6.07, 6.45) is 1.84. The molecule has 0 atom stereocenters. The molecule has 1 aromatic heterocycles. The number of fused-ring (bicyclic) bond motifs is 2. The Hall–Kier alpha value is -1.48. The number of hydrogen-bond donors (Lipinski definition) is 0. The van der Waals surface area contributed by atoms with Gasteiger partial charge >= 0.3 is 0 Å². The molecule has 2 aromatic rings. The van der Waals surface area contributed by atoms with E-state index in [1.54, 1.807) is 11.8 Å². The quantitative estimate of drug-likeness (QED) is 0.669. The van der Waals surface area contributed by atoms with Crippen LogP contribution >= 0.6 is 11.8 Å². The van der Waals surface area contributed by atoms with E-state index in [-0.39, 0.29) is 0 Å². The summed E-state index contributed by atoms with van der Waals surface area (Å²) < 4.78 is 0. The Kier molecular flexibility index (Phi) is 1.92. The Bertz CT molecular complexity index is 465. The lowest BCUT2D eigenvalue weighted by molar-refractivity contribution is 1.04. The molecule has 1 aromatic carbocycles. The van der Waals surface area contributed by atoms with Gasteiger partial charge in [0.2, 0.25) is 0 Å². The van der Waals surface area contributed by atoms with Crippen LogP contribution in [0.5, 0.6) is 0 Å². The highest BCUT2D eigenvalue weighted by molar-refractivity contribution is 7.99. The van der Waals surface area contributed by atoms with E-state index in [1.165, 1.54) is 15.5 Å². The molecule has 0 radical (unpaired) electrons. The number of hydrogen-bond acceptors (Lipinski definition) is 3. The van der Waals surface area contributed by atoms with E-state index < -0.39 is 0 Å². The minimum Gasteiger partial charge on any atom is -0.328 e. The van der Waals surface area contributed by atoms with Crippen LogP contribution in [0.25, 0.3) is 0 Å². The Morgan fingerprint density at radius 3 is 2.80 bits per heavy atom. The van der Waals surface area contributed by atoms with Gasteiger partial charge in [0.05, 0.1) is 10.6 Å². The summed E-state index contributed by atoms with van der Waals surface area (Å²) in [6, 6.07) is 12.5. The molecule has 3 heteroatoms. The first-order valence-electron chi connectivity index (χ1n) is 4.82. The average Bonchev–Trinajstić information content (AvgIpc) is 2.30. The van der Waals surface area contributed by atoms with Gasteiger partial charge in [-0.25, -0.2) is 4.98 Å². The monoisotopic (exact) mass is 214 g/mol. The molecule has 2 nitrogen and oxygen atoms in total. The van der Waals surface area contributed by atoms with Crippen molar-refractivity contribution < 1.29 is 0 Å². The number of para-hydroxylation sites is 1. The lowest BCUT2D eigenvalue weighted by atomic mass is 10.3. The molecule has 0 saturated carbocycles. The summed E-state index contributed by atoms with van der Waals surface area (Å²) in [5.74, 6) is 1.04. The van der Waals surface area contributed by atoms with E-state index in [1.807, 2.05) is 12.3 Å². The molecule has 3 rings (SSSR count). The molecule has 1 aliphatic rings. The Morgan fingerprint density at radius 1 is 1.07 bits per heavy atom.